The van der Waals surface area contributed by atoms with Gasteiger partial charge in [-0.15, -0.1) is 0 Å². The topological polar surface area (TPSA) is 44.6 Å². The van der Waals surface area contributed by atoms with Crippen molar-refractivity contribution in [1.82, 2.24) is 14.9 Å². The lowest BCUT2D eigenvalue weighted by Gasteiger charge is -2.35. The van der Waals surface area contributed by atoms with Crippen molar-refractivity contribution in [2.75, 3.05) is 37.6 Å². The molecule has 1 saturated heterocycles. The van der Waals surface area contributed by atoms with Gasteiger partial charge in [-0.1, -0.05) is 18.7 Å². The third-order valence-electron chi connectivity index (χ3n) is 3.23. The van der Waals surface area contributed by atoms with Crippen LogP contribution in [0.3, 0.4) is 0 Å². The van der Waals surface area contributed by atoms with Crippen molar-refractivity contribution >= 4 is 38.8 Å². The van der Waals surface area contributed by atoms with E-state index in [9.17, 15) is 0 Å². The molecule has 0 aliphatic carbocycles. The highest BCUT2D eigenvalue weighted by Crippen LogP contribution is 2.24. The van der Waals surface area contributed by atoms with Gasteiger partial charge in [-0.3, -0.25) is 4.99 Å². The fraction of sp³-hybridized carbons (Fsp3) is 0.583. The standard InChI is InChI=1S/C12H16BrN5S/c1-9-6-16-12(19-9)18-4-2-17(3-5-18)11-14-7-10(13)8-15-11/h7-9H,2-6H2,1H3. The van der Waals surface area contributed by atoms with Crippen LogP contribution >= 0.6 is 27.7 Å². The molecule has 2 aliphatic heterocycles. The molecule has 102 valence electrons. The average Bonchev–Trinajstić information content (AvgIpc) is 2.87. The maximum absolute atomic E-state index is 4.60. The van der Waals surface area contributed by atoms with Gasteiger partial charge in [0.2, 0.25) is 5.95 Å². The minimum Gasteiger partial charge on any atom is -0.348 e. The second-order valence-electron chi connectivity index (χ2n) is 4.73. The van der Waals surface area contributed by atoms with E-state index in [1.807, 2.05) is 11.8 Å². The van der Waals surface area contributed by atoms with Gasteiger partial charge in [0.25, 0.3) is 0 Å². The molecule has 0 saturated carbocycles. The molecule has 0 radical (unpaired) electrons. The molecule has 0 amide bonds. The highest BCUT2D eigenvalue weighted by Gasteiger charge is 2.25. The number of nitrogens with zero attached hydrogens (tertiary/aromatic N) is 5. The predicted octanol–water partition coefficient (Wildman–Crippen LogP) is 1.85. The van der Waals surface area contributed by atoms with Gasteiger partial charge in [-0.25, -0.2) is 9.97 Å². The van der Waals surface area contributed by atoms with E-state index in [1.165, 1.54) is 5.17 Å². The van der Waals surface area contributed by atoms with E-state index in [2.05, 4.69) is 47.6 Å². The normalized spacial score (nSPS) is 23.7. The molecule has 1 aromatic rings. The van der Waals surface area contributed by atoms with Crippen molar-refractivity contribution in [2.24, 2.45) is 4.99 Å². The quantitative estimate of drug-likeness (QED) is 0.779. The average molecular weight is 342 g/mol. The summed E-state index contributed by atoms with van der Waals surface area (Å²) in [6.07, 6.45) is 3.60. The van der Waals surface area contributed by atoms with Gasteiger partial charge >= 0.3 is 0 Å². The molecule has 1 aromatic heterocycles. The number of hydrogen-bond donors (Lipinski definition) is 0. The summed E-state index contributed by atoms with van der Waals surface area (Å²) in [7, 11) is 0. The van der Waals surface area contributed by atoms with E-state index in [0.717, 1.165) is 43.1 Å². The predicted molar refractivity (Wildman–Crippen MR) is 82.9 cm³/mol. The third kappa shape index (κ3) is 3.02. The molecule has 19 heavy (non-hydrogen) atoms. The molecule has 1 atom stereocenters. The first-order valence-corrected chi connectivity index (χ1v) is 8.08. The van der Waals surface area contributed by atoms with Crippen LogP contribution < -0.4 is 4.90 Å². The highest BCUT2D eigenvalue weighted by molar-refractivity contribution is 9.10. The van der Waals surface area contributed by atoms with Gasteiger partial charge < -0.3 is 9.80 Å². The molecule has 0 aromatic carbocycles. The molecule has 7 heteroatoms. The summed E-state index contributed by atoms with van der Waals surface area (Å²) in [6.45, 7) is 7.09. The zero-order chi connectivity index (χ0) is 13.2. The van der Waals surface area contributed by atoms with Crippen molar-refractivity contribution < 1.29 is 0 Å². The number of aliphatic imine (C=N–C) groups is 1. The maximum atomic E-state index is 4.60. The number of anilines is 1. The molecular weight excluding hydrogens is 326 g/mol. The molecule has 5 nitrogen and oxygen atoms in total. The van der Waals surface area contributed by atoms with Crippen molar-refractivity contribution in [3.63, 3.8) is 0 Å². The second kappa shape index (κ2) is 5.66. The Morgan fingerprint density at radius 2 is 1.79 bits per heavy atom. The Balaban J connectivity index is 1.59. The minimum absolute atomic E-state index is 0.628. The second-order valence-corrected chi connectivity index (χ2v) is 7.05. The van der Waals surface area contributed by atoms with Crippen molar-refractivity contribution in [1.29, 1.82) is 0 Å². The van der Waals surface area contributed by atoms with Gasteiger partial charge in [-0.05, 0) is 15.9 Å². The molecule has 1 unspecified atom stereocenters. The summed E-state index contributed by atoms with van der Waals surface area (Å²) in [6, 6.07) is 0. The van der Waals surface area contributed by atoms with Crippen molar-refractivity contribution in [2.45, 2.75) is 12.2 Å². The van der Waals surface area contributed by atoms with Crippen molar-refractivity contribution in [3.05, 3.63) is 16.9 Å². The first kappa shape index (κ1) is 13.2. The number of piperazine rings is 1. The molecule has 0 spiro atoms. The summed E-state index contributed by atoms with van der Waals surface area (Å²) < 4.78 is 0.917. The number of halogens is 1. The first-order valence-electron chi connectivity index (χ1n) is 6.41. The van der Waals surface area contributed by atoms with E-state index < -0.39 is 0 Å². The van der Waals surface area contributed by atoms with Crippen molar-refractivity contribution in [3.8, 4) is 0 Å². The monoisotopic (exact) mass is 341 g/mol. The van der Waals surface area contributed by atoms with Gasteiger partial charge in [0, 0.05) is 43.8 Å². The molecule has 3 rings (SSSR count). The van der Waals surface area contributed by atoms with Crippen LogP contribution in [0.4, 0.5) is 5.95 Å². The summed E-state index contributed by atoms with van der Waals surface area (Å²) >= 11 is 5.25. The lowest BCUT2D eigenvalue weighted by Crippen LogP contribution is -2.48. The Kier molecular flexibility index (Phi) is 3.93. The molecule has 0 bridgehead atoms. The Morgan fingerprint density at radius 3 is 2.37 bits per heavy atom. The Hall–Kier alpha value is -0.820. The van der Waals surface area contributed by atoms with Crippen LogP contribution in [-0.2, 0) is 0 Å². The van der Waals surface area contributed by atoms with Crippen LogP contribution in [0.25, 0.3) is 0 Å². The first-order chi connectivity index (χ1) is 9.22. The third-order valence-corrected chi connectivity index (χ3v) is 4.79. The van der Waals surface area contributed by atoms with E-state index in [0.29, 0.717) is 5.25 Å². The van der Waals surface area contributed by atoms with Crippen LogP contribution in [0.15, 0.2) is 21.9 Å². The molecule has 0 N–H and O–H groups in total. The summed E-state index contributed by atoms with van der Waals surface area (Å²) in [5, 5.41) is 1.84. The number of aromatic nitrogens is 2. The summed E-state index contributed by atoms with van der Waals surface area (Å²) in [5.74, 6) is 0.817. The highest BCUT2D eigenvalue weighted by atomic mass is 79.9. The van der Waals surface area contributed by atoms with Crippen LogP contribution in [0.2, 0.25) is 0 Å². The van der Waals surface area contributed by atoms with Crippen LogP contribution in [-0.4, -0.2) is 58.0 Å². The van der Waals surface area contributed by atoms with Gasteiger partial charge in [0.1, 0.15) is 0 Å². The lowest BCUT2D eigenvalue weighted by molar-refractivity contribution is 0.389. The Labute approximate surface area is 125 Å². The van der Waals surface area contributed by atoms with Gasteiger partial charge in [0.15, 0.2) is 5.17 Å². The molecule has 3 heterocycles. The van der Waals surface area contributed by atoms with E-state index in [1.54, 1.807) is 12.4 Å². The SMILES string of the molecule is CC1CN=C(N2CCN(c3ncc(Br)cn3)CC2)S1. The van der Waals surface area contributed by atoms with Crippen LogP contribution in [0.5, 0.6) is 0 Å². The van der Waals surface area contributed by atoms with E-state index >= 15 is 0 Å². The fourth-order valence-corrected chi connectivity index (χ4v) is 3.40. The minimum atomic E-state index is 0.628. The van der Waals surface area contributed by atoms with Crippen LogP contribution in [0.1, 0.15) is 6.92 Å². The zero-order valence-corrected chi connectivity index (χ0v) is 13.2. The zero-order valence-electron chi connectivity index (χ0n) is 10.8. The van der Waals surface area contributed by atoms with E-state index in [-0.39, 0.29) is 0 Å². The van der Waals surface area contributed by atoms with Gasteiger partial charge in [0.05, 0.1) is 11.0 Å². The van der Waals surface area contributed by atoms with Gasteiger partial charge in [-0.2, -0.15) is 0 Å². The fourth-order valence-electron chi connectivity index (χ4n) is 2.20. The number of rotatable bonds is 1. The number of amidine groups is 1. The smallest absolute Gasteiger partial charge is 0.225 e. The Morgan fingerprint density at radius 1 is 1.16 bits per heavy atom. The Bertz CT molecular complexity index is 470. The maximum Gasteiger partial charge on any atom is 0.225 e. The summed E-state index contributed by atoms with van der Waals surface area (Å²) in [5.41, 5.74) is 0. The number of thioether (sulfide) groups is 1. The molecule has 1 fully saturated rings. The lowest BCUT2D eigenvalue weighted by atomic mass is 10.3. The molecule has 2 aliphatic rings. The summed E-state index contributed by atoms with van der Waals surface area (Å²) in [4.78, 5) is 17.9. The van der Waals surface area contributed by atoms with Crippen LogP contribution in [0, 0.1) is 0 Å². The van der Waals surface area contributed by atoms with E-state index in [4.69, 9.17) is 0 Å². The number of hydrogen-bond acceptors (Lipinski definition) is 6. The molecular formula is C12H16BrN5S. The largest absolute Gasteiger partial charge is 0.348 e.